The first kappa shape index (κ1) is 18.3. The van der Waals surface area contributed by atoms with Gasteiger partial charge < -0.3 is 15.1 Å². The van der Waals surface area contributed by atoms with Crippen molar-refractivity contribution in [3.8, 4) is 0 Å². The molecule has 1 fully saturated rings. The Labute approximate surface area is 169 Å². The molecule has 1 amide bonds. The largest absolute Gasteiger partial charge is 0.368 e. The molecule has 0 saturated carbocycles. The molecule has 0 radical (unpaired) electrons. The first-order chi connectivity index (χ1) is 13.7. The maximum atomic E-state index is 12.4. The minimum absolute atomic E-state index is 0.247. The Balaban J connectivity index is 1.36. The predicted octanol–water partition coefficient (Wildman–Crippen LogP) is 4.31. The summed E-state index contributed by atoms with van der Waals surface area (Å²) in [5.74, 6) is -0.247. The van der Waals surface area contributed by atoms with Crippen molar-refractivity contribution in [1.82, 2.24) is 4.98 Å². The lowest BCUT2D eigenvalue weighted by Gasteiger charge is -2.37. The van der Waals surface area contributed by atoms with E-state index in [-0.39, 0.29) is 5.91 Å². The summed E-state index contributed by atoms with van der Waals surface area (Å²) < 4.78 is 0. The lowest BCUT2D eigenvalue weighted by Crippen LogP contribution is -2.46. The second kappa shape index (κ2) is 8.31. The summed E-state index contributed by atoms with van der Waals surface area (Å²) in [6.45, 7) is 3.76. The van der Waals surface area contributed by atoms with E-state index in [4.69, 9.17) is 11.6 Å². The molecule has 2 aromatic carbocycles. The molecule has 0 aliphatic carbocycles. The summed E-state index contributed by atoms with van der Waals surface area (Å²) in [4.78, 5) is 21.4. The Morgan fingerprint density at radius 2 is 1.57 bits per heavy atom. The number of nitrogens with one attached hydrogen (secondary N) is 1. The van der Waals surface area contributed by atoms with Crippen LogP contribution < -0.4 is 15.1 Å². The Kier molecular flexibility index (Phi) is 5.44. The molecule has 1 N–H and O–H groups in total. The van der Waals surface area contributed by atoms with E-state index in [1.165, 1.54) is 5.69 Å². The number of nitrogens with zero attached hydrogens (tertiary/aromatic N) is 3. The van der Waals surface area contributed by atoms with Crippen LogP contribution in [0.3, 0.4) is 0 Å². The smallest absolute Gasteiger partial charge is 0.274 e. The third-order valence-electron chi connectivity index (χ3n) is 4.83. The van der Waals surface area contributed by atoms with Gasteiger partial charge in [0.15, 0.2) is 0 Å². The zero-order valence-corrected chi connectivity index (χ0v) is 16.1. The highest BCUT2D eigenvalue weighted by atomic mass is 35.5. The van der Waals surface area contributed by atoms with Crippen LogP contribution in [0.1, 0.15) is 10.5 Å². The van der Waals surface area contributed by atoms with Crippen molar-refractivity contribution in [2.45, 2.75) is 0 Å². The fraction of sp³-hybridized carbons (Fsp3) is 0.182. The summed E-state index contributed by atoms with van der Waals surface area (Å²) in [7, 11) is 0. The van der Waals surface area contributed by atoms with Crippen LogP contribution in [0.5, 0.6) is 0 Å². The number of piperazine rings is 1. The summed E-state index contributed by atoms with van der Waals surface area (Å²) in [5.41, 5.74) is 3.33. The quantitative estimate of drug-likeness (QED) is 0.718. The van der Waals surface area contributed by atoms with E-state index in [1.807, 2.05) is 12.1 Å². The maximum absolute atomic E-state index is 12.4. The van der Waals surface area contributed by atoms with Crippen LogP contribution in [0.25, 0.3) is 0 Å². The molecule has 0 unspecified atom stereocenters. The summed E-state index contributed by atoms with van der Waals surface area (Å²) in [5, 5.41) is 3.40. The van der Waals surface area contributed by atoms with Crippen molar-refractivity contribution in [1.29, 1.82) is 0 Å². The van der Waals surface area contributed by atoms with Crippen LogP contribution in [0.4, 0.5) is 17.1 Å². The molecule has 5 nitrogen and oxygen atoms in total. The Bertz CT molecular complexity index is 938. The van der Waals surface area contributed by atoms with E-state index in [0.717, 1.165) is 31.9 Å². The molecule has 1 aliphatic rings. The number of hydrogen-bond acceptors (Lipinski definition) is 4. The lowest BCUT2D eigenvalue weighted by atomic mass is 10.2. The predicted molar refractivity (Wildman–Crippen MR) is 115 cm³/mol. The molecule has 1 saturated heterocycles. The monoisotopic (exact) mass is 392 g/mol. The first-order valence-electron chi connectivity index (χ1n) is 9.27. The van der Waals surface area contributed by atoms with E-state index in [0.29, 0.717) is 16.4 Å². The van der Waals surface area contributed by atoms with Crippen LogP contribution >= 0.6 is 11.6 Å². The molecule has 2 heterocycles. The number of hydrogen-bond donors (Lipinski definition) is 1. The molecule has 0 atom stereocenters. The van der Waals surface area contributed by atoms with Gasteiger partial charge in [0.05, 0.1) is 11.9 Å². The zero-order chi connectivity index (χ0) is 19.3. The Morgan fingerprint density at radius 1 is 0.857 bits per heavy atom. The summed E-state index contributed by atoms with van der Waals surface area (Å²) in [6.07, 6.45) is 1.77. The van der Waals surface area contributed by atoms with Gasteiger partial charge in [-0.05, 0) is 42.5 Å². The number of halogens is 1. The number of pyridine rings is 1. The third-order valence-corrected chi connectivity index (χ3v) is 5.06. The molecule has 6 heteroatoms. The topological polar surface area (TPSA) is 48.5 Å². The van der Waals surface area contributed by atoms with Crippen molar-refractivity contribution in [2.24, 2.45) is 0 Å². The first-order valence-corrected chi connectivity index (χ1v) is 9.65. The van der Waals surface area contributed by atoms with E-state index >= 15 is 0 Å². The Hall–Kier alpha value is -3.05. The van der Waals surface area contributed by atoms with Gasteiger partial charge in [-0.1, -0.05) is 35.9 Å². The van der Waals surface area contributed by atoms with E-state index in [1.54, 1.807) is 36.5 Å². The van der Waals surface area contributed by atoms with Gasteiger partial charge in [-0.3, -0.25) is 4.79 Å². The standard InChI is InChI=1S/C22H21ClN4O/c23-17-5-4-6-18(15-17)25-22(28)21-10-9-20(16-24-21)27-13-11-26(12-14-27)19-7-2-1-3-8-19/h1-10,15-16H,11-14H2,(H,25,28). The minimum Gasteiger partial charge on any atom is -0.368 e. The molecular weight excluding hydrogens is 372 g/mol. The molecule has 0 bridgehead atoms. The third kappa shape index (κ3) is 4.26. The highest BCUT2D eigenvalue weighted by Gasteiger charge is 2.18. The van der Waals surface area contributed by atoms with Crippen LogP contribution in [-0.4, -0.2) is 37.1 Å². The highest BCUT2D eigenvalue weighted by molar-refractivity contribution is 6.30. The number of aromatic nitrogens is 1. The lowest BCUT2D eigenvalue weighted by molar-refractivity contribution is 0.102. The number of para-hydroxylation sites is 1. The fourth-order valence-corrected chi connectivity index (χ4v) is 3.52. The number of anilines is 3. The highest BCUT2D eigenvalue weighted by Crippen LogP contribution is 2.20. The van der Waals surface area contributed by atoms with E-state index in [9.17, 15) is 4.79 Å². The Morgan fingerprint density at radius 3 is 2.21 bits per heavy atom. The van der Waals surface area contributed by atoms with Gasteiger partial charge >= 0.3 is 0 Å². The van der Waals surface area contributed by atoms with Crippen molar-refractivity contribution in [2.75, 3.05) is 41.3 Å². The molecule has 4 rings (SSSR count). The average molecular weight is 393 g/mol. The second-order valence-electron chi connectivity index (χ2n) is 6.68. The molecule has 1 aliphatic heterocycles. The molecule has 0 spiro atoms. The number of carbonyl (C=O) groups is 1. The number of benzene rings is 2. The molecule has 142 valence electrons. The molecule has 28 heavy (non-hydrogen) atoms. The fourth-order valence-electron chi connectivity index (χ4n) is 3.33. The SMILES string of the molecule is O=C(Nc1cccc(Cl)c1)c1ccc(N2CCN(c3ccccc3)CC2)cn1. The minimum atomic E-state index is -0.247. The van der Waals surface area contributed by atoms with Crippen LogP contribution in [0.15, 0.2) is 72.9 Å². The molecular formula is C22H21ClN4O. The van der Waals surface area contributed by atoms with Crippen molar-refractivity contribution in [3.05, 3.63) is 83.6 Å². The van der Waals surface area contributed by atoms with Gasteiger partial charge in [-0.15, -0.1) is 0 Å². The molecule has 3 aromatic rings. The van der Waals surface area contributed by atoms with E-state index < -0.39 is 0 Å². The van der Waals surface area contributed by atoms with E-state index in [2.05, 4.69) is 44.4 Å². The average Bonchev–Trinajstić information content (AvgIpc) is 2.75. The number of rotatable bonds is 4. The zero-order valence-electron chi connectivity index (χ0n) is 15.4. The van der Waals surface area contributed by atoms with Crippen LogP contribution in [0.2, 0.25) is 5.02 Å². The number of amides is 1. The van der Waals surface area contributed by atoms with Gasteiger partial charge in [0.2, 0.25) is 0 Å². The van der Waals surface area contributed by atoms with Crippen molar-refractivity contribution >= 4 is 34.6 Å². The normalized spacial score (nSPS) is 14.0. The van der Waals surface area contributed by atoms with Gasteiger partial charge in [0.25, 0.3) is 5.91 Å². The van der Waals surface area contributed by atoms with Gasteiger partial charge in [0, 0.05) is 42.6 Å². The van der Waals surface area contributed by atoms with Gasteiger partial charge in [-0.25, -0.2) is 4.98 Å². The van der Waals surface area contributed by atoms with Gasteiger partial charge in [-0.2, -0.15) is 0 Å². The maximum Gasteiger partial charge on any atom is 0.274 e. The second-order valence-corrected chi connectivity index (χ2v) is 7.11. The van der Waals surface area contributed by atoms with Crippen LogP contribution in [0, 0.1) is 0 Å². The van der Waals surface area contributed by atoms with Crippen molar-refractivity contribution < 1.29 is 4.79 Å². The van der Waals surface area contributed by atoms with Gasteiger partial charge in [0.1, 0.15) is 5.69 Å². The van der Waals surface area contributed by atoms with Crippen molar-refractivity contribution in [3.63, 3.8) is 0 Å². The van der Waals surface area contributed by atoms with Crippen LogP contribution in [-0.2, 0) is 0 Å². The summed E-state index contributed by atoms with van der Waals surface area (Å²) >= 11 is 5.95. The molecule has 1 aromatic heterocycles. The number of carbonyl (C=O) groups excluding carboxylic acids is 1. The summed E-state index contributed by atoms with van der Waals surface area (Å²) in [6, 6.07) is 21.2.